The second kappa shape index (κ2) is 7.66. The number of anilines is 2. The van der Waals surface area contributed by atoms with Crippen LogP contribution in [-0.2, 0) is 0 Å². The molecule has 4 aromatic rings. The molecule has 0 radical (unpaired) electrons. The number of non-ortho nitro benzene ring substituents is 1. The number of benzene rings is 3. The van der Waals surface area contributed by atoms with Crippen LogP contribution >= 0.6 is 0 Å². The van der Waals surface area contributed by atoms with Gasteiger partial charge in [0.05, 0.1) is 22.3 Å². The Kier molecular flexibility index (Phi) is 4.67. The van der Waals surface area contributed by atoms with Crippen LogP contribution in [0.5, 0.6) is 0 Å². The number of nitrogens with zero attached hydrogens (tertiary/aromatic N) is 4. The number of para-hydroxylation sites is 2. The van der Waals surface area contributed by atoms with Gasteiger partial charge in [-0.1, -0.05) is 48.5 Å². The maximum atomic E-state index is 13.4. The van der Waals surface area contributed by atoms with Crippen molar-refractivity contribution in [2.75, 3.05) is 10.2 Å². The fourth-order valence-electron chi connectivity index (χ4n) is 4.13. The number of nitro groups is 1. The summed E-state index contributed by atoms with van der Waals surface area (Å²) in [7, 11) is 0. The predicted molar refractivity (Wildman–Crippen MR) is 121 cm³/mol. The van der Waals surface area contributed by atoms with Crippen LogP contribution in [0.15, 0.2) is 84.9 Å². The zero-order valence-corrected chi connectivity index (χ0v) is 17.2. The fraction of sp³-hybridized carbons (Fsp3) is 0.0833. The number of carbonyl (C=O) groups excluding carboxylic acids is 1. The first kappa shape index (κ1) is 19.5. The van der Waals surface area contributed by atoms with E-state index in [1.54, 1.807) is 21.7 Å². The number of rotatable bonds is 4. The average molecular weight is 425 g/mol. The van der Waals surface area contributed by atoms with Crippen molar-refractivity contribution in [1.29, 1.82) is 0 Å². The standard InChI is InChI=1S/C24H19N5O3/c1-16-21-22(17-9-8-14-20(15-17)29(31)32)27(18-10-4-2-5-11-18)24(30)25-23(21)28(26-16)19-12-6-3-7-13-19/h2-15,22H,1H3,(H,25,30)/t22-/m1/s1. The number of hydrogen-bond donors (Lipinski definition) is 1. The smallest absolute Gasteiger partial charge is 0.291 e. The molecule has 8 heteroatoms. The summed E-state index contributed by atoms with van der Waals surface area (Å²) < 4.78 is 1.70. The summed E-state index contributed by atoms with van der Waals surface area (Å²) in [5, 5.41) is 19.1. The Morgan fingerprint density at radius 2 is 1.59 bits per heavy atom. The zero-order valence-electron chi connectivity index (χ0n) is 17.2. The zero-order chi connectivity index (χ0) is 22.2. The second-order valence-corrected chi connectivity index (χ2v) is 7.49. The Morgan fingerprint density at radius 1 is 0.938 bits per heavy atom. The predicted octanol–water partition coefficient (Wildman–Crippen LogP) is 5.23. The van der Waals surface area contributed by atoms with Crippen LogP contribution in [0, 0.1) is 17.0 Å². The summed E-state index contributed by atoms with van der Waals surface area (Å²) in [6.45, 7) is 1.88. The molecule has 0 saturated heterocycles. The molecule has 8 nitrogen and oxygen atoms in total. The van der Waals surface area contributed by atoms with E-state index in [1.807, 2.05) is 67.6 Å². The Labute approximate surface area is 183 Å². The van der Waals surface area contributed by atoms with Gasteiger partial charge >= 0.3 is 6.03 Å². The summed E-state index contributed by atoms with van der Waals surface area (Å²) >= 11 is 0. The monoisotopic (exact) mass is 425 g/mol. The molecule has 2 amide bonds. The first-order chi connectivity index (χ1) is 15.5. The summed E-state index contributed by atoms with van der Waals surface area (Å²) in [5.74, 6) is 0.558. The fourth-order valence-corrected chi connectivity index (χ4v) is 4.13. The van der Waals surface area contributed by atoms with Gasteiger partial charge in [-0.15, -0.1) is 0 Å². The van der Waals surface area contributed by atoms with E-state index in [1.165, 1.54) is 12.1 Å². The molecule has 32 heavy (non-hydrogen) atoms. The van der Waals surface area contributed by atoms with Crippen molar-refractivity contribution in [2.45, 2.75) is 13.0 Å². The molecule has 3 aromatic carbocycles. The maximum Gasteiger partial charge on any atom is 0.328 e. The van der Waals surface area contributed by atoms with Crippen molar-refractivity contribution in [1.82, 2.24) is 9.78 Å². The van der Waals surface area contributed by atoms with Crippen molar-refractivity contribution in [2.24, 2.45) is 0 Å². The highest BCUT2D eigenvalue weighted by Crippen LogP contribution is 2.43. The van der Waals surface area contributed by atoms with Gasteiger partial charge in [0, 0.05) is 23.4 Å². The summed E-state index contributed by atoms with van der Waals surface area (Å²) in [6.07, 6.45) is 0. The minimum atomic E-state index is -0.585. The summed E-state index contributed by atoms with van der Waals surface area (Å²) in [6, 6.07) is 24.3. The van der Waals surface area contributed by atoms with Crippen molar-refractivity contribution in [3.8, 4) is 5.69 Å². The van der Waals surface area contributed by atoms with Gasteiger partial charge in [-0.25, -0.2) is 9.48 Å². The normalized spacial score (nSPS) is 15.2. The van der Waals surface area contributed by atoms with E-state index in [0.717, 1.165) is 16.9 Å². The largest absolute Gasteiger partial charge is 0.328 e. The molecule has 0 saturated carbocycles. The quantitative estimate of drug-likeness (QED) is 0.358. The number of carbonyl (C=O) groups is 1. The molecule has 1 aliphatic heterocycles. The van der Waals surface area contributed by atoms with Crippen LogP contribution in [0.4, 0.5) is 22.0 Å². The van der Waals surface area contributed by atoms with E-state index < -0.39 is 11.0 Å². The second-order valence-electron chi connectivity index (χ2n) is 7.49. The number of aryl methyl sites for hydroxylation is 1. The van der Waals surface area contributed by atoms with Crippen molar-refractivity contribution in [3.05, 3.63) is 112 Å². The molecule has 0 bridgehead atoms. The van der Waals surface area contributed by atoms with E-state index >= 15 is 0 Å². The lowest BCUT2D eigenvalue weighted by molar-refractivity contribution is -0.384. The highest BCUT2D eigenvalue weighted by molar-refractivity contribution is 6.05. The van der Waals surface area contributed by atoms with Crippen LogP contribution in [0.3, 0.4) is 0 Å². The molecule has 1 aromatic heterocycles. The lowest BCUT2D eigenvalue weighted by atomic mass is 9.94. The molecule has 1 aliphatic rings. The van der Waals surface area contributed by atoms with Gasteiger partial charge in [-0.3, -0.25) is 20.3 Å². The molecular weight excluding hydrogens is 406 g/mol. The van der Waals surface area contributed by atoms with E-state index in [-0.39, 0.29) is 11.7 Å². The number of nitrogens with one attached hydrogen (secondary N) is 1. The van der Waals surface area contributed by atoms with Gasteiger partial charge in [0.2, 0.25) is 0 Å². The third kappa shape index (κ3) is 3.18. The van der Waals surface area contributed by atoms with Crippen LogP contribution in [0.2, 0.25) is 0 Å². The van der Waals surface area contributed by atoms with Crippen LogP contribution in [0.1, 0.15) is 22.9 Å². The van der Waals surface area contributed by atoms with Gasteiger partial charge in [0.1, 0.15) is 5.82 Å². The van der Waals surface area contributed by atoms with Gasteiger partial charge in [-0.2, -0.15) is 5.10 Å². The van der Waals surface area contributed by atoms with Crippen molar-refractivity contribution < 1.29 is 9.72 Å². The van der Waals surface area contributed by atoms with Gasteiger partial charge < -0.3 is 0 Å². The molecule has 5 rings (SSSR count). The molecule has 0 spiro atoms. The van der Waals surface area contributed by atoms with Gasteiger partial charge in [0.25, 0.3) is 5.69 Å². The number of urea groups is 1. The third-order valence-electron chi connectivity index (χ3n) is 5.51. The highest BCUT2D eigenvalue weighted by Gasteiger charge is 2.39. The van der Waals surface area contributed by atoms with Crippen LogP contribution in [0.25, 0.3) is 5.69 Å². The van der Waals surface area contributed by atoms with Gasteiger partial charge in [-0.05, 0) is 36.8 Å². The van der Waals surface area contributed by atoms with Crippen LogP contribution < -0.4 is 10.2 Å². The third-order valence-corrected chi connectivity index (χ3v) is 5.51. The maximum absolute atomic E-state index is 13.4. The van der Waals surface area contributed by atoms with Crippen molar-refractivity contribution >= 4 is 23.2 Å². The minimum absolute atomic E-state index is 0.0313. The first-order valence-electron chi connectivity index (χ1n) is 10.1. The SMILES string of the molecule is Cc1nn(-c2ccccc2)c2c1[C@@H](c1cccc([N+](=O)[O-])c1)N(c1ccccc1)C(=O)N2. The van der Waals surface area contributed by atoms with Crippen LogP contribution in [-0.4, -0.2) is 20.7 Å². The summed E-state index contributed by atoms with van der Waals surface area (Å²) in [5.41, 5.74) is 3.60. The lowest BCUT2D eigenvalue weighted by Crippen LogP contribution is -2.43. The highest BCUT2D eigenvalue weighted by atomic mass is 16.6. The van der Waals surface area contributed by atoms with E-state index in [2.05, 4.69) is 5.32 Å². The molecule has 0 unspecified atom stereocenters. The number of aromatic nitrogens is 2. The molecule has 0 aliphatic carbocycles. The van der Waals surface area contributed by atoms with E-state index in [9.17, 15) is 14.9 Å². The number of fused-ring (bicyclic) bond motifs is 1. The molecular formula is C24H19N5O3. The topological polar surface area (TPSA) is 93.3 Å². The first-order valence-corrected chi connectivity index (χ1v) is 10.1. The Bertz CT molecular complexity index is 1320. The summed E-state index contributed by atoms with van der Waals surface area (Å²) in [4.78, 5) is 26.0. The average Bonchev–Trinajstić information content (AvgIpc) is 3.15. The molecule has 0 fully saturated rings. The van der Waals surface area contributed by atoms with E-state index in [4.69, 9.17) is 5.10 Å². The lowest BCUT2D eigenvalue weighted by Gasteiger charge is -2.36. The molecule has 158 valence electrons. The molecule has 2 heterocycles. The molecule has 1 atom stereocenters. The Hall–Kier alpha value is -4.46. The number of nitro benzene ring substituents is 1. The van der Waals surface area contributed by atoms with E-state index in [0.29, 0.717) is 17.1 Å². The van der Waals surface area contributed by atoms with Crippen molar-refractivity contribution in [3.63, 3.8) is 0 Å². The molecule has 1 N–H and O–H groups in total. The number of amides is 2. The Morgan fingerprint density at radius 3 is 2.25 bits per heavy atom. The Balaban J connectivity index is 1.76. The minimum Gasteiger partial charge on any atom is -0.291 e. The van der Waals surface area contributed by atoms with Gasteiger partial charge in [0.15, 0.2) is 0 Å². The number of hydrogen-bond acceptors (Lipinski definition) is 4.